The van der Waals surface area contributed by atoms with Crippen LogP contribution in [0.15, 0.2) is 76.5 Å². The lowest BCUT2D eigenvalue weighted by atomic mass is 9.88. The molecule has 0 aliphatic heterocycles. The molecule has 0 unspecified atom stereocenters. The second-order valence-corrected chi connectivity index (χ2v) is 7.45. The summed E-state index contributed by atoms with van der Waals surface area (Å²) in [6.45, 7) is 0. The summed E-state index contributed by atoms with van der Waals surface area (Å²) in [5.41, 5.74) is 1.08. The standard InChI is InChI=1S/C18H18O3S/c19-17-12-11-15(14-7-3-1-4-8-14)13-18(17)22(20,21)16-9-5-2-6-10-16/h1-10,13,15,17,19H,11-12H2/t15-,17-/m0/s1. The Kier molecular flexibility index (Phi) is 4.14. The fourth-order valence-corrected chi connectivity index (χ4v) is 4.45. The molecule has 0 fully saturated rings. The van der Waals surface area contributed by atoms with Gasteiger partial charge in [0.25, 0.3) is 0 Å². The molecule has 1 aliphatic carbocycles. The summed E-state index contributed by atoms with van der Waals surface area (Å²) in [7, 11) is -3.64. The van der Waals surface area contributed by atoms with Crippen molar-refractivity contribution < 1.29 is 13.5 Å². The lowest BCUT2D eigenvalue weighted by Gasteiger charge is -2.25. The van der Waals surface area contributed by atoms with Crippen molar-refractivity contribution in [2.24, 2.45) is 0 Å². The summed E-state index contributed by atoms with van der Waals surface area (Å²) in [6, 6.07) is 18.1. The molecule has 0 bridgehead atoms. The van der Waals surface area contributed by atoms with Crippen LogP contribution in [0, 0.1) is 0 Å². The Morgan fingerprint density at radius 1 is 0.864 bits per heavy atom. The van der Waals surface area contributed by atoms with E-state index in [4.69, 9.17) is 0 Å². The first kappa shape index (κ1) is 15.0. The molecule has 1 aliphatic rings. The molecule has 0 saturated heterocycles. The van der Waals surface area contributed by atoms with Gasteiger partial charge in [0.05, 0.1) is 15.9 Å². The number of aliphatic hydroxyl groups is 1. The molecule has 0 amide bonds. The van der Waals surface area contributed by atoms with Crippen molar-refractivity contribution in [3.63, 3.8) is 0 Å². The van der Waals surface area contributed by atoms with E-state index in [0.29, 0.717) is 6.42 Å². The second kappa shape index (κ2) is 6.07. The van der Waals surface area contributed by atoms with Crippen LogP contribution >= 0.6 is 0 Å². The van der Waals surface area contributed by atoms with Crippen molar-refractivity contribution in [2.75, 3.05) is 0 Å². The Labute approximate surface area is 130 Å². The molecular formula is C18H18O3S. The largest absolute Gasteiger partial charge is 0.388 e. The van der Waals surface area contributed by atoms with Gasteiger partial charge in [-0.15, -0.1) is 0 Å². The third-order valence-corrected chi connectivity index (χ3v) is 5.96. The third kappa shape index (κ3) is 2.85. The molecule has 4 heteroatoms. The van der Waals surface area contributed by atoms with Gasteiger partial charge in [-0.3, -0.25) is 0 Å². The van der Waals surface area contributed by atoms with Gasteiger partial charge < -0.3 is 5.11 Å². The van der Waals surface area contributed by atoms with E-state index < -0.39 is 15.9 Å². The molecule has 2 atom stereocenters. The van der Waals surface area contributed by atoms with Crippen LogP contribution in [0.1, 0.15) is 24.3 Å². The first-order valence-electron chi connectivity index (χ1n) is 7.34. The van der Waals surface area contributed by atoms with Crippen molar-refractivity contribution in [3.05, 3.63) is 77.2 Å². The van der Waals surface area contributed by atoms with Crippen LogP contribution in [-0.2, 0) is 9.84 Å². The Balaban J connectivity index is 2.02. The highest BCUT2D eigenvalue weighted by Crippen LogP contribution is 2.35. The van der Waals surface area contributed by atoms with E-state index >= 15 is 0 Å². The lowest BCUT2D eigenvalue weighted by Crippen LogP contribution is -2.24. The smallest absolute Gasteiger partial charge is 0.205 e. The maximum Gasteiger partial charge on any atom is 0.205 e. The Bertz CT molecular complexity index is 764. The van der Waals surface area contributed by atoms with Crippen LogP contribution in [0.3, 0.4) is 0 Å². The zero-order valence-corrected chi connectivity index (χ0v) is 12.9. The second-order valence-electron chi connectivity index (χ2n) is 5.50. The maximum atomic E-state index is 12.7. The molecule has 3 nitrogen and oxygen atoms in total. The molecule has 0 heterocycles. The van der Waals surface area contributed by atoms with Gasteiger partial charge in [-0.25, -0.2) is 8.42 Å². The third-order valence-electron chi connectivity index (χ3n) is 4.04. The van der Waals surface area contributed by atoms with Crippen LogP contribution in [-0.4, -0.2) is 19.6 Å². The van der Waals surface area contributed by atoms with Crippen LogP contribution in [0.25, 0.3) is 0 Å². The van der Waals surface area contributed by atoms with Gasteiger partial charge in [-0.05, 0) is 30.5 Å². The van der Waals surface area contributed by atoms with Gasteiger partial charge in [0, 0.05) is 5.92 Å². The van der Waals surface area contributed by atoms with Gasteiger partial charge in [0.15, 0.2) is 0 Å². The summed E-state index contributed by atoms with van der Waals surface area (Å²) in [4.78, 5) is 0.354. The van der Waals surface area contributed by atoms with E-state index in [-0.39, 0.29) is 15.7 Å². The summed E-state index contributed by atoms with van der Waals surface area (Å²) in [5.74, 6) is 0.0260. The highest BCUT2D eigenvalue weighted by atomic mass is 32.2. The van der Waals surface area contributed by atoms with Crippen LogP contribution in [0.4, 0.5) is 0 Å². The number of hydrogen-bond acceptors (Lipinski definition) is 3. The topological polar surface area (TPSA) is 54.4 Å². The highest BCUT2D eigenvalue weighted by Gasteiger charge is 2.31. The molecule has 1 N–H and O–H groups in total. The fourth-order valence-electron chi connectivity index (χ4n) is 2.84. The monoisotopic (exact) mass is 314 g/mol. The molecule has 2 aromatic carbocycles. The predicted molar refractivity (Wildman–Crippen MR) is 86.1 cm³/mol. The normalized spacial score (nSPS) is 22.1. The average Bonchev–Trinajstić information content (AvgIpc) is 2.57. The van der Waals surface area contributed by atoms with E-state index in [2.05, 4.69) is 0 Å². The fraction of sp³-hybridized carbons (Fsp3) is 0.222. The van der Waals surface area contributed by atoms with Gasteiger partial charge >= 0.3 is 0 Å². The van der Waals surface area contributed by atoms with E-state index in [1.165, 1.54) is 0 Å². The Morgan fingerprint density at radius 3 is 2.09 bits per heavy atom. The van der Waals surface area contributed by atoms with Crippen LogP contribution in [0.5, 0.6) is 0 Å². The van der Waals surface area contributed by atoms with Gasteiger partial charge in [0.2, 0.25) is 9.84 Å². The maximum absolute atomic E-state index is 12.7. The van der Waals surface area contributed by atoms with Crippen molar-refractivity contribution in [1.82, 2.24) is 0 Å². The van der Waals surface area contributed by atoms with E-state index in [1.54, 1.807) is 36.4 Å². The minimum atomic E-state index is -3.64. The molecule has 114 valence electrons. The van der Waals surface area contributed by atoms with Gasteiger partial charge in [-0.2, -0.15) is 0 Å². The van der Waals surface area contributed by atoms with E-state index in [1.807, 2.05) is 30.3 Å². The van der Waals surface area contributed by atoms with Gasteiger partial charge in [0.1, 0.15) is 0 Å². The summed E-state index contributed by atoms with van der Waals surface area (Å²) >= 11 is 0. The zero-order valence-electron chi connectivity index (χ0n) is 12.1. The predicted octanol–water partition coefficient (Wildman–Crippen LogP) is 3.28. The number of aliphatic hydroxyl groups excluding tert-OH is 1. The minimum absolute atomic E-state index is 0.0260. The van der Waals surface area contributed by atoms with Crippen LogP contribution in [0.2, 0.25) is 0 Å². The van der Waals surface area contributed by atoms with Crippen molar-refractivity contribution in [2.45, 2.75) is 29.8 Å². The van der Waals surface area contributed by atoms with Crippen molar-refractivity contribution in [1.29, 1.82) is 0 Å². The average molecular weight is 314 g/mol. The molecule has 3 rings (SSSR count). The quantitative estimate of drug-likeness (QED) is 0.946. The number of rotatable bonds is 3. The van der Waals surface area contributed by atoms with Crippen molar-refractivity contribution in [3.8, 4) is 0 Å². The molecule has 2 aromatic rings. The molecule has 0 radical (unpaired) electrons. The summed E-state index contributed by atoms with van der Waals surface area (Å²) in [5, 5.41) is 10.2. The van der Waals surface area contributed by atoms with E-state index in [0.717, 1.165) is 12.0 Å². The SMILES string of the molecule is O=S(=O)(C1=C[C@@H](c2ccccc2)CC[C@@H]1O)c1ccccc1. The number of sulfone groups is 1. The highest BCUT2D eigenvalue weighted by molar-refractivity contribution is 7.95. The Hall–Kier alpha value is -1.91. The molecule has 22 heavy (non-hydrogen) atoms. The number of allylic oxidation sites excluding steroid dienone is 1. The van der Waals surface area contributed by atoms with Crippen LogP contribution < -0.4 is 0 Å². The first-order chi connectivity index (χ1) is 10.6. The lowest BCUT2D eigenvalue weighted by molar-refractivity contribution is 0.195. The molecule has 0 spiro atoms. The zero-order chi connectivity index (χ0) is 15.6. The first-order valence-corrected chi connectivity index (χ1v) is 8.82. The van der Waals surface area contributed by atoms with Gasteiger partial charge in [-0.1, -0.05) is 54.6 Å². The molecular weight excluding hydrogens is 296 g/mol. The molecule has 0 aromatic heterocycles. The minimum Gasteiger partial charge on any atom is -0.388 e. The summed E-state index contributed by atoms with van der Waals surface area (Å²) < 4.78 is 25.5. The number of hydrogen-bond donors (Lipinski definition) is 1. The molecule has 0 saturated carbocycles. The summed E-state index contributed by atoms with van der Waals surface area (Å²) in [6.07, 6.45) is 1.99. The number of benzene rings is 2. The van der Waals surface area contributed by atoms with Crippen molar-refractivity contribution >= 4 is 9.84 Å². The van der Waals surface area contributed by atoms with E-state index in [9.17, 15) is 13.5 Å². The Morgan fingerprint density at radius 2 is 1.45 bits per heavy atom.